The first-order valence-corrected chi connectivity index (χ1v) is 13.3. The largest absolute Gasteiger partial charge is 0.294 e. The number of rotatable bonds is 2. The average molecular weight is 516 g/mol. The summed E-state index contributed by atoms with van der Waals surface area (Å²) < 4.78 is 4.35. The summed E-state index contributed by atoms with van der Waals surface area (Å²) in [5.74, 6) is 1.59. The second kappa shape index (κ2) is 8.56. The van der Waals surface area contributed by atoms with Gasteiger partial charge < -0.3 is 0 Å². The molecule has 40 heavy (non-hydrogen) atoms. The fourth-order valence-electron chi connectivity index (χ4n) is 5.76. The van der Waals surface area contributed by atoms with Crippen LogP contribution in [0.3, 0.4) is 0 Å². The molecule has 0 unspecified atom stereocenters. The highest BCUT2D eigenvalue weighted by Gasteiger charge is 2.20. The monoisotopic (exact) mass is 515 g/mol. The molecule has 7 aromatic rings. The van der Waals surface area contributed by atoms with Crippen molar-refractivity contribution in [2.24, 2.45) is 0 Å². The van der Waals surface area contributed by atoms with Crippen LogP contribution in [-0.4, -0.2) is 14.1 Å². The molecule has 0 N–H and O–H groups in total. The van der Waals surface area contributed by atoms with Crippen LogP contribution in [0.2, 0.25) is 0 Å². The van der Waals surface area contributed by atoms with Crippen molar-refractivity contribution >= 4 is 43.6 Å². The molecule has 0 fully saturated rings. The Morgan fingerprint density at radius 1 is 0.550 bits per heavy atom. The van der Waals surface area contributed by atoms with E-state index in [1.165, 1.54) is 5.56 Å². The fourth-order valence-corrected chi connectivity index (χ4v) is 5.76. The molecule has 0 aliphatic heterocycles. The van der Waals surface area contributed by atoms with Gasteiger partial charge in [0.15, 0.2) is 0 Å². The van der Waals surface area contributed by atoms with Crippen LogP contribution in [-0.2, 0) is 5.41 Å². The number of hydrogen-bond donors (Lipinski definition) is 0. The highest BCUT2D eigenvalue weighted by atomic mass is 15.1. The lowest BCUT2D eigenvalue weighted by Crippen LogP contribution is -2.10. The van der Waals surface area contributed by atoms with Gasteiger partial charge in [0.25, 0.3) is 0 Å². The van der Waals surface area contributed by atoms with E-state index in [2.05, 4.69) is 72.4 Å². The minimum absolute atomic E-state index is 0.00440. The van der Waals surface area contributed by atoms with Crippen molar-refractivity contribution in [2.75, 3.05) is 0 Å². The molecule has 7 rings (SSSR count). The first kappa shape index (κ1) is 23.7. The second-order valence-electron chi connectivity index (χ2n) is 11.2. The maximum absolute atomic E-state index is 9.64. The molecule has 5 nitrogen and oxygen atoms in total. The Labute approximate surface area is 231 Å². The van der Waals surface area contributed by atoms with E-state index in [1.54, 1.807) is 0 Å². The Bertz CT molecular complexity index is 2230. The highest BCUT2D eigenvalue weighted by molar-refractivity contribution is 6.11. The van der Waals surface area contributed by atoms with Gasteiger partial charge in [-0.2, -0.15) is 10.5 Å². The van der Waals surface area contributed by atoms with Crippen LogP contribution in [0.4, 0.5) is 0 Å². The minimum Gasteiger partial charge on any atom is -0.294 e. The van der Waals surface area contributed by atoms with E-state index in [0.29, 0.717) is 11.1 Å². The van der Waals surface area contributed by atoms with Crippen LogP contribution in [0.1, 0.15) is 37.5 Å². The SMILES string of the molecule is CC(C)(C)c1ccc2c(c1)c1cc(C#N)ccc1n2-c1cccc(-n2c3ccccc3c3cc(C#N)ccc32)n1. The van der Waals surface area contributed by atoms with Crippen molar-refractivity contribution in [1.29, 1.82) is 10.5 Å². The van der Waals surface area contributed by atoms with Gasteiger partial charge in [0, 0.05) is 21.5 Å². The summed E-state index contributed by atoms with van der Waals surface area (Å²) in [5, 5.41) is 23.4. The van der Waals surface area contributed by atoms with Gasteiger partial charge in [-0.1, -0.05) is 51.1 Å². The van der Waals surface area contributed by atoms with Gasteiger partial charge in [0.2, 0.25) is 0 Å². The third-order valence-electron chi connectivity index (χ3n) is 7.74. The van der Waals surface area contributed by atoms with Crippen molar-refractivity contribution in [2.45, 2.75) is 26.2 Å². The molecule has 0 atom stereocenters. The van der Waals surface area contributed by atoms with Gasteiger partial charge in [-0.3, -0.25) is 9.13 Å². The van der Waals surface area contributed by atoms with Crippen molar-refractivity contribution in [3.8, 4) is 23.8 Å². The Morgan fingerprint density at radius 3 is 1.62 bits per heavy atom. The predicted molar refractivity (Wildman–Crippen MR) is 161 cm³/mol. The third kappa shape index (κ3) is 3.49. The van der Waals surface area contributed by atoms with Crippen molar-refractivity contribution < 1.29 is 0 Å². The van der Waals surface area contributed by atoms with E-state index < -0.39 is 0 Å². The molecule has 0 saturated carbocycles. The number of nitrogens with zero attached hydrogens (tertiary/aromatic N) is 5. The summed E-state index contributed by atoms with van der Waals surface area (Å²) in [6.45, 7) is 6.64. The van der Waals surface area contributed by atoms with Gasteiger partial charge in [-0.15, -0.1) is 0 Å². The second-order valence-corrected chi connectivity index (χ2v) is 11.2. The Kier molecular flexibility index (Phi) is 5.07. The molecule has 0 radical (unpaired) electrons. The molecule has 0 spiro atoms. The minimum atomic E-state index is -0.00440. The molecule has 0 amide bonds. The number of para-hydroxylation sites is 1. The summed E-state index contributed by atoms with van der Waals surface area (Å²) in [4.78, 5) is 5.21. The summed E-state index contributed by atoms with van der Waals surface area (Å²) in [6.07, 6.45) is 0. The van der Waals surface area contributed by atoms with Crippen LogP contribution >= 0.6 is 0 Å². The maximum atomic E-state index is 9.64. The molecule has 0 bridgehead atoms. The third-order valence-corrected chi connectivity index (χ3v) is 7.74. The number of fused-ring (bicyclic) bond motifs is 6. The molecular weight excluding hydrogens is 490 g/mol. The fraction of sp³-hybridized carbons (Fsp3) is 0.114. The van der Waals surface area contributed by atoms with E-state index in [4.69, 9.17) is 4.98 Å². The number of hydrogen-bond acceptors (Lipinski definition) is 3. The van der Waals surface area contributed by atoms with Crippen molar-refractivity contribution in [3.05, 3.63) is 114 Å². The smallest absolute Gasteiger partial charge is 0.140 e. The normalized spacial score (nSPS) is 11.8. The van der Waals surface area contributed by atoms with Crippen LogP contribution in [0, 0.1) is 22.7 Å². The molecule has 5 heteroatoms. The lowest BCUT2D eigenvalue weighted by molar-refractivity contribution is 0.591. The average Bonchev–Trinajstić information content (AvgIpc) is 3.48. The highest BCUT2D eigenvalue weighted by Crippen LogP contribution is 2.36. The van der Waals surface area contributed by atoms with E-state index in [1.807, 2.05) is 66.7 Å². The van der Waals surface area contributed by atoms with E-state index in [9.17, 15) is 10.5 Å². The molecular formula is C35H25N5. The van der Waals surface area contributed by atoms with Gasteiger partial charge in [-0.05, 0) is 77.7 Å². The first-order chi connectivity index (χ1) is 19.4. The molecule has 3 heterocycles. The van der Waals surface area contributed by atoms with Gasteiger partial charge in [0.05, 0.1) is 45.3 Å². The zero-order chi connectivity index (χ0) is 27.6. The van der Waals surface area contributed by atoms with Crippen molar-refractivity contribution in [1.82, 2.24) is 14.1 Å². The van der Waals surface area contributed by atoms with Crippen LogP contribution in [0.5, 0.6) is 0 Å². The number of nitriles is 2. The number of pyridine rings is 1. The Hall–Kier alpha value is -5.39. The number of aromatic nitrogens is 3. The summed E-state index contributed by atoms with van der Waals surface area (Å²) in [5.41, 5.74) is 6.59. The summed E-state index contributed by atoms with van der Waals surface area (Å²) in [7, 11) is 0. The van der Waals surface area contributed by atoms with Gasteiger partial charge in [0.1, 0.15) is 11.6 Å². The number of benzene rings is 4. The lowest BCUT2D eigenvalue weighted by Gasteiger charge is -2.19. The molecule has 190 valence electrons. The van der Waals surface area contributed by atoms with Gasteiger partial charge in [-0.25, -0.2) is 4.98 Å². The van der Waals surface area contributed by atoms with Gasteiger partial charge >= 0.3 is 0 Å². The lowest BCUT2D eigenvalue weighted by atomic mass is 9.86. The molecule has 0 saturated heterocycles. The van der Waals surface area contributed by atoms with Crippen LogP contribution < -0.4 is 0 Å². The molecule has 0 aliphatic rings. The predicted octanol–water partition coefficient (Wildman–Crippen LogP) is 8.32. The summed E-state index contributed by atoms with van der Waals surface area (Å²) >= 11 is 0. The first-order valence-electron chi connectivity index (χ1n) is 13.3. The summed E-state index contributed by atoms with van der Waals surface area (Å²) in [6, 6.07) is 37.1. The topological polar surface area (TPSA) is 70.3 Å². The van der Waals surface area contributed by atoms with Crippen molar-refractivity contribution in [3.63, 3.8) is 0 Å². The standard InChI is InChI=1S/C35H25N5/c1-35(2,3)24-13-16-32-28(19-24)27-18-23(21-37)12-15-31(27)40(32)34-10-6-9-33(38-34)39-29-8-5-4-7-25(29)26-17-22(20-36)11-14-30(26)39/h4-19H,1-3H3. The Morgan fingerprint density at radius 2 is 1.05 bits per heavy atom. The molecule has 3 aromatic heterocycles. The maximum Gasteiger partial charge on any atom is 0.140 e. The van der Waals surface area contributed by atoms with Crippen LogP contribution in [0.25, 0.3) is 55.2 Å². The van der Waals surface area contributed by atoms with Crippen LogP contribution in [0.15, 0.2) is 97.1 Å². The zero-order valence-electron chi connectivity index (χ0n) is 22.5. The quantitative estimate of drug-likeness (QED) is 0.232. The van der Waals surface area contributed by atoms with E-state index >= 15 is 0 Å². The van der Waals surface area contributed by atoms with E-state index in [0.717, 1.165) is 55.2 Å². The zero-order valence-corrected chi connectivity index (χ0v) is 22.5. The molecule has 4 aromatic carbocycles. The molecule has 0 aliphatic carbocycles. The van der Waals surface area contributed by atoms with E-state index in [-0.39, 0.29) is 5.41 Å². The Balaban J connectivity index is 1.52.